The van der Waals surface area contributed by atoms with Crippen molar-refractivity contribution in [2.45, 2.75) is 12.5 Å². The summed E-state index contributed by atoms with van der Waals surface area (Å²) in [6.45, 7) is 4.08. The van der Waals surface area contributed by atoms with Gasteiger partial charge in [0.1, 0.15) is 11.8 Å². The van der Waals surface area contributed by atoms with Crippen molar-refractivity contribution >= 4 is 17.4 Å². The molecule has 174 valence electrons. The quantitative estimate of drug-likeness (QED) is 0.389. The van der Waals surface area contributed by atoms with Crippen molar-refractivity contribution in [3.63, 3.8) is 0 Å². The molecule has 1 amide bonds. The van der Waals surface area contributed by atoms with Crippen LogP contribution in [0.5, 0.6) is 5.75 Å². The molecule has 2 fully saturated rings. The Balaban J connectivity index is 1.66. The number of benzene rings is 1. The molecule has 0 radical (unpaired) electrons. The van der Waals surface area contributed by atoms with E-state index in [0.717, 1.165) is 25.7 Å². The number of aliphatic hydroxyl groups excluding tert-OH is 1. The summed E-state index contributed by atoms with van der Waals surface area (Å²) in [4.78, 5) is 34.0. The van der Waals surface area contributed by atoms with Gasteiger partial charge in [0.2, 0.25) is 0 Å². The Morgan fingerprint density at radius 3 is 2.67 bits per heavy atom. The number of carbonyl (C=O) groups excluding carboxylic acids is 2. The maximum absolute atomic E-state index is 14.3. The molecule has 8 nitrogen and oxygen atoms in total. The van der Waals surface area contributed by atoms with Gasteiger partial charge in [-0.25, -0.2) is 4.39 Å². The maximum atomic E-state index is 14.3. The van der Waals surface area contributed by atoms with E-state index in [9.17, 15) is 19.1 Å². The van der Waals surface area contributed by atoms with E-state index in [0.29, 0.717) is 31.9 Å². The lowest BCUT2D eigenvalue weighted by atomic mass is 9.98. The molecule has 0 spiro atoms. The Bertz CT molecular complexity index is 1050. The van der Waals surface area contributed by atoms with Gasteiger partial charge in [-0.05, 0) is 36.8 Å². The first-order chi connectivity index (χ1) is 16.0. The predicted octanol–water partition coefficient (Wildman–Crippen LogP) is 2.37. The smallest absolute Gasteiger partial charge is 0.295 e. The van der Waals surface area contributed by atoms with Gasteiger partial charge in [0.05, 0.1) is 31.6 Å². The number of nitrogens with zero attached hydrogens (tertiary/aromatic N) is 3. The zero-order valence-corrected chi connectivity index (χ0v) is 18.4. The van der Waals surface area contributed by atoms with Crippen LogP contribution in [0.3, 0.4) is 0 Å². The molecule has 4 rings (SSSR count). The van der Waals surface area contributed by atoms with E-state index in [1.807, 2.05) is 0 Å². The molecule has 1 aromatic carbocycles. The Kier molecular flexibility index (Phi) is 7.00. The molecule has 1 aromatic heterocycles. The second-order valence-electron chi connectivity index (χ2n) is 7.90. The maximum Gasteiger partial charge on any atom is 0.295 e. The van der Waals surface area contributed by atoms with Crippen LogP contribution in [0.2, 0.25) is 0 Å². The number of pyridine rings is 1. The van der Waals surface area contributed by atoms with Crippen LogP contribution >= 0.6 is 0 Å². The van der Waals surface area contributed by atoms with Gasteiger partial charge < -0.3 is 19.5 Å². The van der Waals surface area contributed by atoms with Gasteiger partial charge in [0.25, 0.3) is 11.7 Å². The summed E-state index contributed by atoms with van der Waals surface area (Å²) in [6, 6.07) is 8.21. The number of hydrogen-bond acceptors (Lipinski definition) is 7. The van der Waals surface area contributed by atoms with Crippen molar-refractivity contribution in [3.05, 3.63) is 65.2 Å². The zero-order valence-electron chi connectivity index (χ0n) is 18.4. The van der Waals surface area contributed by atoms with Crippen molar-refractivity contribution in [2.24, 2.45) is 0 Å². The molecule has 0 saturated carbocycles. The molecule has 1 N–H and O–H groups in total. The van der Waals surface area contributed by atoms with Crippen LogP contribution < -0.4 is 4.74 Å². The number of aliphatic hydroxyl groups is 1. The van der Waals surface area contributed by atoms with Gasteiger partial charge in [0, 0.05) is 37.9 Å². The van der Waals surface area contributed by atoms with E-state index in [2.05, 4.69) is 9.88 Å². The lowest BCUT2D eigenvalue weighted by Gasteiger charge is -2.28. The monoisotopic (exact) mass is 455 g/mol. The Morgan fingerprint density at radius 1 is 1.21 bits per heavy atom. The standard InChI is InChI=1S/C24H26FN3O5/c1-32-19-7-6-16(15-17(19)25)22(29)20-21(18-5-2-3-8-26-18)28(24(31)23(20)30)10-4-9-27-11-13-33-14-12-27/h2-3,5-8,15,21,29H,4,9-14H2,1H3/b22-20+. The summed E-state index contributed by atoms with van der Waals surface area (Å²) in [7, 11) is 1.33. The number of aromatic nitrogens is 1. The summed E-state index contributed by atoms with van der Waals surface area (Å²) in [5.74, 6) is -2.64. The number of morpholine rings is 1. The van der Waals surface area contributed by atoms with E-state index < -0.39 is 29.3 Å². The molecule has 0 bridgehead atoms. The summed E-state index contributed by atoms with van der Waals surface area (Å²) in [5, 5.41) is 11.0. The molecule has 3 heterocycles. The van der Waals surface area contributed by atoms with Gasteiger partial charge in [0.15, 0.2) is 11.6 Å². The average Bonchev–Trinajstić information content (AvgIpc) is 3.10. The topological polar surface area (TPSA) is 92.2 Å². The van der Waals surface area contributed by atoms with Gasteiger partial charge in [-0.1, -0.05) is 6.07 Å². The van der Waals surface area contributed by atoms with Crippen molar-refractivity contribution < 1.29 is 28.6 Å². The van der Waals surface area contributed by atoms with Crippen molar-refractivity contribution in [3.8, 4) is 5.75 Å². The van der Waals surface area contributed by atoms with E-state index in [1.54, 1.807) is 24.4 Å². The van der Waals surface area contributed by atoms with Gasteiger partial charge in [-0.2, -0.15) is 0 Å². The van der Waals surface area contributed by atoms with Crippen LogP contribution in [0.4, 0.5) is 4.39 Å². The Hall–Kier alpha value is -3.30. The number of amides is 1. The third-order valence-electron chi connectivity index (χ3n) is 5.91. The number of Topliss-reactive ketones (excluding diaryl/α,β-unsaturated/α-hetero) is 1. The van der Waals surface area contributed by atoms with Crippen LogP contribution in [0.1, 0.15) is 23.7 Å². The molecule has 1 unspecified atom stereocenters. The number of methoxy groups -OCH3 is 1. The number of ketones is 1. The highest BCUT2D eigenvalue weighted by Gasteiger charge is 2.46. The highest BCUT2D eigenvalue weighted by Crippen LogP contribution is 2.39. The van der Waals surface area contributed by atoms with Crippen LogP contribution in [-0.2, 0) is 14.3 Å². The van der Waals surface area contributed by atoms with E-state index >= 15 is 0 Å². The van der Waals surface area contributed by atoms with Crippen LogP contribution in [-0.4, -0.2) is 78.1 Å². The van der Waals surface area contributed by atoms with E-state index in [4.69, 9.17) is 9.47 Å². The number of carbonyl (C=O) groups is 2. The minimum absolute atomic E-state index is 0.0105. The summed E-state index contributed by atoms with van der Waals surface area (Å²) < 4.78 is 24.5. The molecule has 2 saturated heterocycles. The number of hydrogen-bond donors (Lipinski definition) is 1. The van der Waals surface area contributed by atoms with Crippen molar-refractivity contribution in [2.75, 3.05) is 46.5 Å². The fourth-order valence-corrected chi connectivity index (χ4v) is 4.21. The van der Waals surface area contributed by atoms with Crippen molar-refractivity contribution in [1.82, 2.24) is 14.8 Å². The molecule has 9 heteroatoms. The fourth-order valence-electron chi connectivity index (χ4n) is 4.21. The number of likely N-dealkylation sites (tertiary alicyclic amines) is 1. The normalized spacial score (nSPS) is 20.9. The first-order valence-corrected chi connectivity index (χ1v) is 10.8. The molecular formula is C24H26FN3O5. The average molecular weight is 455 g/mol. The first-order valence-electron chi connectivity index (χ1n) is 10.8. The molecule has 0 aliphatic carbocycles. The molecule has 2 aliphatic rings. The summed E-state index contributed by atoms with van der Waals surface area (Å²) in [5.41, 5.74) is 0.439. The van der Waals surface area contributed by atoms with Crippen molar-refractivity contribution in [1.29, 1.82) is 0 Å². The van der Waals surface area contributed by atoms with E-state index in [-0.39, 0.29) is 16.9 Å². The molecule has 2 aromatic rings. The highest BCUT2D eigenvalue weighted by molar-refractivity contribution is 6.46. The van der Waals surface area contributed by atoms with Crippen LogP contribution in [0.15, 0.2) is 48.2 Å². The van der Waals surface area contributed by atoms with Crippen LogP contribution in [0, 0.1) is 5.82 Å². The second kappa shape index (κ2) is 10.1. The summed E-state index contributed by atoms with van der Waals surface area (Å²) >= 11 is 0. The highest BCUT2D eigenvalue weighted by atomic mass is 19.1. The third-order valence-corrected chi connectivity index (χ3v) is 5.91. The first kappa shape index (κ1) is 22.9. The largest absolute Gasteiger partial charge is 0.507 e. The molecule has 1 atom stereocenters. The molecular weight excluding hydrogens is 429 g/mol. The minimum Gasteiger partial charge on any atom is -0.507 e. The Labute approximate surface area is 191 Å². The van der Waals surface area contributed by atoms with Gasteiger partial charge >= 0.3 is 0 Å². The summed E-state index contributed by atoms with van der Waals surface area (Å²) in [6.07, 6.45) is 2.21. The van der Waals surface area contributed by atoms with Gasteiger partial charge in [-0.15, -0.1) is 0 Å². The third kappa shape index (κ3) is 4.74. The number of halogens is 1. The number of rotatable bonds is 7. The minimum atomic E-state index is -0.860. The second-order valence-corrected chi connectivity index (χ2v) is 7.90. The lowest BCUT2D eigenvalue weighted by Crippen LogP contribution is -2.39. The van der Waals surface area contributed by atoms with Crippen LogP contribution in [0.25, 0.3) is 5.76 Å². The molecule has 33 heavy (non-hydrogen) atoms. The fraction of sp³-hybridized carbons (Fsp3) is 0.375. The number of ether oxygens (including phenoxy) is 2. The Morgan fingerprint density at radius 2 is 2.00 bits per heavy atom. The SMILES string of the molecule is COc1ccc(/C(O)=C2\C(=O)C(=O)N(CCCN3CCOCC3)C2c2ccccn2)cc1F. The predicted molar refractivity (Wildman–Crippen MR) is 118 cm³/mol. The lowest BCUT2D eigenvalue weighted by molar-refractivity contribution is -0.140. The zero-order chi connectivity index (χ0) is 23.4. The van der Waals surface area contributed by atoms with E-state index in [1.165, 1.54) is 24.1 Å². The van der Waals surface area contributed by atoms with Gasteiger partial charge in [-0.3, -0.25) is 19.5 Å². The molecule has 2 aliphatic heterocycles.